The molecule has 1 unspecified atom stereocenters. The number of nitrogens with zero attached hydrogens (tertiary/aromatic N) is 1. The number of carbonyl (C=O) groups is 1. The van der Waals surface area contributed by atoms with Gasteiger partial charge < -0.3 is 9.64 Å². The third kappa shape index (κ3) is 3.08. The van der Waals surface area contributed by atoms with Gasteiger partial charge in [0, 0.05) is 13.0 Å². The van der Waals surface area contributed by atoms with Crippen LogP contribution in [-0.2, 0) is 9.53 Å². The largest absolute Gasteiger partial charge is 0.364 e. The van der Waals surface area contributed by atoms with E-state index < -0.39 is 0 Å². The highest BCUT2D eigenvalue weighted by atomic mass is 127. The molecule has 3 nitrogen and oxygen atoms in total. The molecule has 0 aromatic heterocycles. The van der Waals surface area contributed by atoms with Crippen molar-refractivity contribution in [3.05, 3.63) is 0 Å². The lowest BCUT2D eigenvalue weighted by atomic mass is 10.2. The Labute approximate surface area is 98.3 Å². The van der Waals surface area contributed by atoms with Crippen molar-refractivity contribution in [3.8, 4) is 0 Å². The highest BCUT2D eigenvalue weighted by Crippen LogP contribution is 2.33. The quantitative estimate of drug-likeness (QED) is 0.588. The Morgan fingerprint density at radius 1 is 1.50 bits per heavy atom. The second-order valence-electron chi connectivity index (χ2n) is 4.10. The van der Waals surface area contributed by atoms with E-state index in [9.17, 15) is 4.79 Å². The minimum atomic E-state index is 0.186. The number of hydrogen-bond acceptors (Lipinski definition) is 2. The highest BCUT2D eigenvalue weighted by molar-refractivity contribution is 14.1. The summed E-state index contributed by atoms with van der Waals surface area (Å²) in [5.74, 6) is 1.18. The van der Waals surface area contributed by atoms with E-state index in [-0.39, 0.29) is 4.11 Å². The van der Waals surface area contributed by atoms with Crippen LogP contribution in [0.2, 0.25) is 0 Å². The van der Waals surface area contributed by atoms with Crippen molar-refractivity contribution in [2.45, 2.75) is 29.8 Å². The fourth-order valence-corrected chi connectivity index (χ4v) is 2.46. The van der Waals surface area contributed by atoms with Gasteiger partial charge in [-0.05, 0) is 34.9 Å². The monoisotopic (exact) mass is 309 g/mol. The molecule has 1 saturated carbocycles. The van der Waals surface area contributed by atoms with E-state index in [0.717, 1.165) is 31.8 Å². The van der Waals surface area contributed by atoms with Crippen LogP contribution in [0.3, 0.4) is 0 Å². The molecule has 0 aromatic rings. The number of ether oxygens (including phenoxy) is 1. The van der Waals surface area contributed by atoms with Crippen LogP contribution in [0, 0.1) is 5.92 Å². The second-order valence-corrected chi connectivity index (χ2v) is 5.49. The van der Waals surface area contributed by atoms with Gasteiger partial charge in [-0.2, -0.15) is 0 Å². The maximum Gasteiger partial charge on any atom is 0.222 e. The number of alkyl halides is 1. The first-order valence-electron chi connectivity index (χ1n) is 5.29. The van der Waals surface area contributed by atoms with Crippen LogP contribution in [0.25, 0.3) is 0 Å². The third-order valence-corrected chi connectivity index (χ3v) is 3.59. The Bertz CT molecular complexity index is 218. The lowest BCUT2D eigenvalue weighted by molar-refractivity contribution is -0.135. The minimum Gasteiger partial charge on any atom is -0.364 e. The smallest absolute Gasteiger partial charge is 0.222 e. The molecule has 1 aliphatic heterocycles. The summed E-state index contributed by atoms with van der Waals surface area (Å²) in [7, 11) is 0. The van der Waals surface area contributed by atoms with Crippen LogP contribution in [0.1, 0.15) is 25.7 Å². The second kappa shape index (κ2) is 4.79. The SMILES string of the molecule is O=C(CCC1CC1)N1CCOC(I)C1. The van der Waals surface area contributed by atoms with Crippen molar-refractivity contribution in [3.63, 3.8) is 0 Å². The predicted molar refractivity (Wildman–Crippen MR) is 62.3 cm³/mol. The molecule has 2 rings (SSSR count). The fourth-order valence-electron chi connectivity index (χ4n) is 1.73. The van der Waals surface area contributed by atoms with Crippen LogP contribution < -0.4 is 0 Å². The van der Waals surface area contributed by atoms with Gasteiger partial charge in [-0.25, -0.2) is 0 Å². The van der Waals surface area contributed by atoms with E-state index in [1.54, 1.807) is 0 Å². The highest BCUT2D eigenvalue weighted by Gasteiger charge is 2.25. The van der Waals surface area contributed by atoms with Gasteiger partial charge in [0.15, 0.2) is 0 Å². The third-order valence-electron chi connectivity index (χ3n) is 2.84. The maximum atomic E-state index is 11.7. The van der Waals surface area contributed by atoms with Crippen molar-refractivity contribution in [1.29, 1.82) is 0 Å². The van der Waals surface area contributed by atoms with Gasteiger partial charge >= 0.3 is 0 Å². The Balaban J connectivity index is 1.71. The maximum absolute atomic E-state index is 11.7. The number of carbonyl (C=O) groups excluding carboxylic acids is 1. The number of amides is 1. The van der Waals surface area contributed by atoms with Crippen LogP contribution in [0.15, 0.2) is 0 Å². The summed E-state index contributed by atoms with van der Waals surface area (Å²) in [6, 6.07) is 0. The average molecular weight is 309 g/mol. The molecule has 0 N–H and O–H groups in total. The normalized spacial score (nSPS) is 27.8. The molecule has 2 fully saturated rings. The van der Waals surface area contributed by atoms with Crippen molar-refractivity contribution < 1.29 is 9.53 Å². The summed E-state index contributed by atoms with van der Waals surface area (Å²) in [6.45, 7) is 2.25. The standard InChI is InChI=1S/C10H16INO2/c11-9-7-12(5-6-14-9)10(13)4-3-8-1-2-8/h8-9H,1-7H2. The molecule has 14 heavy (non-hydrogen) atoms. The van der Waals surface area contributed by atoms with Crippen LogP contribution in [0.4, 0.5) is 0 Å². The van der Waals surface area contributed by atoms with Crippen LogP contribution in [-0.4, -0.2) is 34.6 Å². The molecular formula is C10H16INO2. The van der Waals surface area contributed by atoms with Crippen LogP contribution in [0.5, 0.6) is 0 Å². The molecule has 0 bridgehead atoms. The fraction of sp³-hybridized carbons (Fsp3) is 0.900. The molecule has 0 spiro atoms. The van der Waals surface area contributed by atoms with Gasteiger partial charge in [0.25, 0.3) is 0 Å². The van der Waals surface area contributed by atoms with Gasteiger partial charge in [-0.15, -0.1) is 0 Å². The van der Waals surface area contributed by atoms with Gasteiger partial charge in [0.2, 0.25) is 5.91 Å². The van der Waals surface area contributed by atoms with E-state index >= 15 is 0 Å². The molecule has 1 atom stereocenters. The van der Waals surface area contributed by atoms with Gasteiger partial charge in [0.1, 0.15) is 4.11 Å². The first-order valence-corrected chi connectivity index (χ1v) is 6.53. The summed E-state index contributed by atoms with van der Waals surface area (Å²) >= 11 is 2.24. The van der Waals surface area contributed by atoms with Crippen molar-refractivity contribution >= 4 is 28.5 Å². The van der Waals surface area contributed by atoms with Gasteiger partial charge in [-0.3, -0.25) is 4.79 Å². The summed E-state index contributed by atoms with van der Waals surface area (Å²) in [6.07, 6.45) is 4.52. The van der Waals surface area contributed by atoms with E-state index in [4.69, 9.17) is 4.74 Å². The van der Waals surface area contributed by atoms with Crippen molar-refractivity contribution in [2.24, 2.45) is 5.92 Å². The summed E-state index contributed by atoms with van der Waals surface area (Å²) in [5.41, 5.74) is 0. The van der Waals surface area contributed by atoms with E-state index in [1.807, 2.05) is 4.90 Å². The van der Waals surface area contributed by atoms with E-state index in [1.165, 1.54) is 12.8 Å². The molecular weight excluding hydrogens is 293 g/mol. The zero-order valence-electron chi connectivity index (χ0n) is 8.25. The molecule has 2 aliphatic rings. The Kier molecular flexibility index (Phi) is 3.65. The van der Waals surface area contributed by atoms with Gasteiger partial charge in [0.05, 0.1) is 13.2 Å². The van der Waals surface area contributed by atoms with Crippen molar-refractivity contribution in [2.75, 3.05) is 19.7 Å². The topological polar surface area (TPSA) is 29.5 Å². The zero-order valence-corrected chi connectivity index (χ0v) is 10.4. The Morgan fingerprint density at radius 2 is 2.29 bits per heavy atom. The van der Waals surface area contributed by atoms with E-state index in [0.29, 0.717) is 12.5 Å². The van der Waals surface area contributed by atoms with Gasteiger partial charge in [-0.1, -0.05) is 12.8 Å². The minimum absolute atomic E-state index is 0.186. The average Bonchev–Trinajstić information content (AvgIpc) is 2.97. The van der Waals surface area contributed by atoms with E-state index in [2.05, 4.69) is 22.6 Å². The summed E-state index contributed by atoms with van der Waals surface area (Å²) < 4.78 is 5.58. The first-order chi connectivity index (χ1) is 6.75. The first kappa shape index (κ1) is 10.7. The molecule has 1 heterocycles. The summed E-state index contributed by atoms with van der Waals surface area (Å²) in [4.78, 5) is 13.7. The van der Waals surface area contributed by atoms with Crippen molar-refractivity contribution in [1.82, 2.24) is 4.90 Å². The number of rotatable bonds is 3. The lowest BCUT2D eigenvalue weighted by Gasteiger charge is -2.30. The molecule has 0 aromatic carbocycles. The molecule has 1 aliphatic carbocycles. The Hall–Kier alpha value is 0.160. The Morgan fingerprint density at radius 3 is 2.93 bits per heavy atom. The molecule has 0 radical (unpaired) electrons. The molecule has 1 amide bonds. The van der Waals surface area contributed by atoms with Crippen LogP contribution >= 0.6 is 22.6 Å². The molecule has 80 valence electrons. The predicted octanol–water partition coefficient (Wildman–Crippen LogP) is 1.80. The zero-order chi connectivity index (χ0) is 9.97. The lowest BCUT2D eigenvalue weighted by Crippen LogP contribution is -2.43. The molecule has 4 heteroatoms. The summed E-state index contributed by atoms with van der Waals surface area (Å²) in [5, 5.41) is 0. The number of halogens is 1. The molecule has 1 saturated heterocycles. The number of hydrogen-bond donors (Lipinski definition) is 0. The number of morpholine rings is 1.